The number of sulfonamides is 1. The second kappa shape index (κ2) is 7.16. The van der Waals surface area contributed by atoms with Gasteiger partial charge in [0.25, 0.3) is 10.0 Å². The molecule has 0 saturated carbocycles. The molecular formula is C18H13BrF2N4O3S. The number of hydrogen-bond acceptors (Lipinski definition) is 5. The van der Waals surface area contributed by atoms with Crippen molar-refractivity contribution in [2.45, 2.75) is 4.90 Å². The largest absolute Gasteiger partial charge is 0.448 e. The molecule has 0 unspecified atom stereocenters. The fourth-order valence-corrected chi connectivity index (χ4v) is 4.30. The summed E-state index contributed by atoms with van der Waals surface area (Å²) in [6.45, 7) is 0.299. The van der Waals surface area contributed by atoms with Gasteiger partial charge in [0.2, 0.25) is 5.88 Å². The number of nitrogens with zero attached hydrogens (tertiary/aromatic N) is 1. The number of anilines is 3. The fourth-order valence-electron chi connectivity index (χ4n) is 2.86. The van der Waals surface area contributed by atoms with Crippen molar-refractivity contribution < 1.29 is 21.6 Å². The molecule has 150 valence electrons. The van der Waals surface area contributed by atoms with E-state index in [0.29, 0.717) is 29.9 Å². The lowest BCUT2D eigenvalue weighted by molar-refractivity contribution is 0.552. The molecule has 0 amide bonds. The van der Waals surface area contributed by atoms with E-state index in [0.717, 1.165) is 6.07 Å². The van der Waals surface area contributed by atoms with Crippen molar-refractivity contribution in [2.24, 2.45) is 0 Å². The molecule has 1 aliphatic heterocycles. The summed E-state index contributed by atoms with van der Waals surface area (Å²) in [5.74, 6) is -1.23. The standard InChI is InChI=1S/C18H13BrF2N4O3S/c19-13-7-15(21)16(8-14(13)20)29(26,27)24-10-1-3-11(4-2-10)25-9-23-18-12(17(25)22)5-6-28-18/h1-8,22-24H,9H2. The van der Waals surface area contributed by atoms with Gasteiger partial charge in [-0.3, -0.25) is 10.1 Å². The Morgan fingerprint density at radius 3 is 2.59 bits per heavy atom. The minimum absolute atomic E-state index is 0.164. The van der Waals surface area contributed by atoms with Crippen LogP contribution in [0.3, 0.4) is 0 Å². The summed E-state index contributed by atoms with van der Waals surface area (Å²) in [7, 11) is -4.33. The first-order valence-electron chi connectivity index (χ1n) is 8.21. The highest BCUT2D eigenvalue weighted by molar-refractivity contribution is 9.10. The summed E-state index contributed by atoms with van der Waals surface area (Å²) in [6, 6.07) is 9.20. The van der Waals surface area contributed by atoms with Crippen molar-refractivity contribution in [3.05, 3.63) is 70.4 Å². The normalized spacial score (nSPS) is 13.8. The summed E-state index contributed by atoms with van der Waals surface area (Å²) in [4.78, 5) is 0.872. The average molecular weight is 483 g/mol. The molecule has 0 aliphatic carbocycles. The maximum absolute atomic E-state index is 14.0. The van der Waals surface area contributed by atoms with Crippen LogP contribution in [0.5, 0.6) is 0 Å². The molecule has 1 aliphatic rings. The number of furan rings is 1. The molecule has 3 N–H and O–H groups in total. The van der Waals surface area contributed by atoms with E-state index in [1.807, 2.05) is 0 Å². The number of amidine groups is 1. The van der Waals surface area contributed by atoms with Gasteiger partial charge in [0, 0.05) is 11.4 Å². The summed E-state index contributed by atoms with van der Waals surface area (Å²) in [5, 5.41) is 11.3. The van der Waals surface area contributed by atoms with Crippen LogP contribution in [0.15, 0.2) is 62.5 Å². The predicted molar refractivity (Wildman–Crippen MR) is 108 cm³/mol. The highest BCUT2D eigenvalue weighted by Gasteiger charge is 2.25. The quantitative estimate of drug-likeness (QED) is 0.480. The molecule has 0 spiro atoms. The monoisotopic (exact) mass is 482 g/mol. The minimum Gasteiger partial charge on any atom is -0.448 e. The van der Waals surface area contributed by atoms with E-state index < -0.39 is 26.6 Å². The number of hydrogen-bond donors (Lipinski definition) is 3. The molecular weight excluding hydrogens is 470 g/mol. The van der Waals surface area contributed by atoms with Crippen molar-refractivity contribution in [2.75, 3.05) is 21.6 Å². The molecule has 1 aromatic heterocycles. The van der Waals surface area contributed by atoms with Crippen LogP contribution in [0.1, 0.15) is 5.56 Å². The molecule has 0 saturated heterocycles. The van der Waals surface area contributed by atoms with Crippen LogP contribution in [-0.2, 0) is 10.0 Å². The number of benzene rings is 2. The van der Waals surface area contributed by atoms with Gasteiger partial charge < -0.3 is 14.6 Å². The van der Waals surface area contributed by atoms with Gasteiger partial charge in [0.15, 0.2) is 0 Å². The zero-order chi connectivity index (χ0) is 20.8. The Morgan fingerprint density at radius 2 is 1.86 bits per heavy atom. The Hall–Kier alpha value is -2.92. The topological polar surface area (TPSA) is 98.4 Å². The lowest BCUT2D eigenvalue weighted by atomic mass is 10.2. The molecule has 2 heterocycles. The van der Waals surface area contributed by atoms with Crippen LogP contribution in [-0.4, -0.2) is 20.9 Å². The van der Waals surface area contributed by atoms with Gasteiger partial charge in [-0.2, -0.15) is 0 Å². The third kappa shape index (κ3) is 3.58. The third-order valence-corrected chi connectivity index (χ3v) is 6.29. The van der Waals surface area contributed by atoms with E-state index >= 15 is 0 Å². The average Bonchev–Trinajstić information content (AvgIpc) is 3.15. The van der Waals surface area contributed by atoms with E-state index in [1.54, 1.807) is 23.1 Å². The second-order valence-electron chi connectivity index (χ2n) is 6.12. The van der Waals surface area contributed by atoms with Crippen LogP contribution in [0.2, 0.25) is 0 Å². The van der Waals surface area contributed by atoms with E-state index in [9.17, 15) is 17.2 Å². The van der Waals surface area contributed by atoms with Gasteiger partial charge >= 0.3 is 0 Å². The van der Waals surface area contributed by atoms with Crippen molar-refractivity contribution in [3.63, 3.8) is 0 Å². The van der Waals surface area contributed by atoms with Crippen LogP contribution in [0.25, 0.3) is 0 Å². The van der Waals surface area contributed by atoms with Gasteiger partial charge in [0.05, 0.1) is 23.0 Å². The maximum atomic E-state index is 14.0. The van der Waals surface area contributed by atoms with Gasteiger partial charge in [-0.1, -0.05) is 0 Å². The molecule has 0 fully saturated rings. The Bertz CT molecular complexity index is 1210. The molecule has 3 aromatic rings. The molecule has 29 heavy (non-hydrogen) atoms. The zero-order valence-electron chi connectivity index (χ0n) is 14.5. The molecule has 7 nitrogen and oxygen atoms in total. The van der Waals surface area contributed by atoms with Crippen LogP contribution in [0, 0.1) is 17.0 Å². The van der Waals surface area contributed by atoms with E-state index in [1.165, 1.54) is 18.4 Å². The van der Waals surface area contributed by atoms with Gasteiger partial charge in [0.1, 0.15) is 22.4 Å². The van der Waals surface area contributed by atoms with Gasteiger partial charge in [-0.25, -0.2) is 17.2 Å². The smallest absolute Gasteiger partial charge is 0.264 e. The third-order valence-electron chi connectivity index (χ3n) is 4.28. The Morgan fingerprint density at radius 1 is 1.14 bits per heavy atom. The summed E-state index contributed by atoms with van der Waals surface area (Å²) < 4.78 is 59.8. The first kappa shape index (κ1) is 19.4. The van der Waals surface area contributed by atoms with E-state index in [-0.39, 0.29) is 16.0 Å². The number of nitrogens with one attached hydrogen (secondary N) is 3. The summed E-state index contributed by atoms with van der Waals surface area (Å²) in [6.07, 6.45) is 1.48. The van der Waals surface area contributed by atoms with E-state index in [2.05, 4.69) is 26.0 Å². The molecule has 0 bridgehead atoms. The molecule has 2 aromatic carbocycles. The Kier molecular flexibility index (Phi) is 4.79. The fraction of sp³-hybridized carbons (Fsp3) is 0.0556. The minimum atomic E-state index is -4.33. The Labute approximate surface area is 173 Å². The first-order valence-corrected chi connectivity index (χ1v) is 10.5. The van der Waals surface area contributed by atoms with Crippen LogP contribution in [0.4, 0.5) is 26.0 Å². The van der Waals surface area contributed by atoms with Crippen LogP contribution < -0.4 is 14.9 Å². The van der Waals surface area contributed by atoms with Gasteiger partial charge in [-0.05, 0) is 58.4 Å². The molecule has 11 heteroatoms. The molecule has 4 rings (SSSR count). The SMILES string of the molecule is N=C1c2ccoc2NCN1c1ccc(NS(=O)(=O)c2cc(F)c(Br)cc2F)cc1. The maximum Gasteiger partial charge on any atom is 0.264 e. The number of fused-ring (bicyclic) bond motifs is 1. The zero-order valence-corrected chi connectivity index (χ0v) is 16.9. The highest BCUT2D eigenvalue weighted by Crippen LogP contribution is 2.29. The van der Waals surface area contributed by atoms with Crippen molar-refractivity contribution in [1.82, 2.24) is 0 Å². The Balaban J connectivity index is 1.56. The number of rotatable bonds is 4. The van der Waals surface area contributed by atoms with Crippen molar-refractivity contribution >= 4 is 49.0 Å². The van der Waals surface area contributed by atoms with Crippen molar-refractivity contribution in [3.8, 4) is 0 Å². The van der Waals surface area contributed by atoms with E-state index in [4.69, 9.17) is 9.83 Å². The summed E-state index contributed by atoms with van der Waals surface area (Å²) >= 11 is 2.81. The molecule has 0 radical (unpaired) electrons. The predicted octanol–water partition coefficient (Wildman–Crippen LogP) is 4.34. The van der Waals surface area contributed by atoms with Gasteiger partial charge in [-0.15, -0.1) is 0 Å². The lowest BCUT2D eigenvalue weighted by Crippen LogP contribution is -2.39. The first-order chi connectivity index (χ1) is 13.8. The van der Waals surface area contributed by atoms with Crippen molar-refractivity contribution in [1.29, 1.82) is 5.41 Å². The lowest BCUT2D eigenvalue weighted by Gasteiger charge is -2.29. The van der Waals surface area contributed by atoms with Crippen LogP contribution >= 0.6 is 15.9 Å². The highest BCUT2D eigenvalue weighted by atomic mass is 79.9. The summed E-state index contributed by atoms with van der Waals surface area (Å²) in [5.41, 5.74) is 1.41. The second-order valence-corrected chi connectivity index (χ2v) is 8.63. The number of halogens is 3. The molecule has 0 atom stereocenters.